The second kappa shape index (κ2) is 6.82. The van der Waals surface area contributed by atoms with Gasteiger partial charge in [-0.2, -0.15) is 0 Å². The fourth-order valence-electron chi connectivity index (χ4n) is 2.75. The van der Waals surface area contributed by atoms with Crippen molar-refractivity contribution in [3.8, 4) is 0 Å². The number of benzene rings is 2. The number of aromatic amines is 1. The third kappa shape index (κ3) is 3.29. The van der Waals surface area contributed by atoms with Gasteiger partial charge in [0.2, 0.25) is 0 Å². The van der Waals surface area contributed by atoms with Crippen LogP contribution in [0.2, 0.25) is 0 Å². The van der Waals surface area contributed by atoms with E-state index in [0.717, 1.165) is 11.3 Å². The van der Waals surface area contributed by atoms with Gasteiger partial charge in [-0.05, 0) is 26.0 Å². The molecule has 4 nitrogen and oxygen atoms in total. The number of imidazole rings is 1. The van der Waals surface area contributed by atoms with Crippen LogP contribution in [0.4, 0.5) is 18.9 Å². The molecule has 0 saturated carbocycles. The lowest BCUT2D eigenvalue weighted by atomic mass is 10.1. The first-order valence-corrected chi connectivity index (χ1v) is 8.13. The van der Waals surface area contributed by atoms with Gasteiger partial charge in [0, 0.05) is 20.2 Å². The van der Waals surface area contributed by atoms with Crippen LogP contribution in [0.3, 0.4) is 0 Å². The average Bonchev–Trinajstić information content (AvgIpc) is 3.04. The van der Waals surface area contributed by atoms with Crippen molar-refractivity contribution >= 4 is 22.6 Å². The normalized spacial score (nSPS) is 13.3. The first-order chi connectivity index (χ1) is 12.3. The summed E-state index contributed by atoms with van der Waals surface area (Å²) in [6.45, 7) is 3.80. The van der Waals surface area contributed by atoms with Crippen LogP contribution in [-0.2, 0) is 0 Å². The van der Waals surface area contributed by atoms with Crippen molar-refractivity contribution in [2.45, 2.75) is 19.8 Å². The lowest BCUT2D eigenvalue weighted by Gasteiger charge is -2.20. The van der Waals surface area contributed by atoms with Crippen LogP contribution in [0.5, 0.6) is 0 Å². The fourth-order valence-corrected chi connectivity index (χ4v) is 2.75. The summed E-state index contributed by atoms with van der Waals surface area (Å²) < 4.78 is 41.3. The van der Waals surface area contributed by atoms with Crippen molar-refractivity contribution in [2.24, 2.45) is 4.99 Å². The van der Waals surface area contributed by atoms with Crippen LogP contribution in [0.15, 0.2) is 35.3 Å². The summed E-state index contributed by atoms with van der Waals surface area (Å²) in [5.74, 6) is -2.73. The first kappa shape index (κ1) is 18.0. The quantitative estimate of drug-likeness (QED) is 0.419. The number of aromatic nitrogens is 2. The number of halogens is 3. The monoisotopic (exact) mass is 360 g/mol. The van der Waals surface area contributed by atoms with E-state index in [2.05, 4.69) is 15.0 Å². The Hall–Kier alpha value is -2.83. The van der Waals surface area contributed by atoms with Crippen LogP contribution in [0.1, 0.15) is 24.2 Å². The summed E-state index contributed by atoms with van der Waals surface area (Å²) in [4.78, 5) is 13.3. The molecule has 2 aromatic carbocycles. The highest BCUT2D eigenvalue weighted by Crippen LogP contribution is 2.26. The molecule has 3 rings (SSSR count). The molecule has 0 aliphatic heterocycles. The Balaban J connectivity index is 2.06. The molecule has 1 aromatic heterocycles. The van der Waals surface area contributed by atoms with E-state index in [9.17, 15) is 13.2 Å². The highest BCUT2D eigenvalue weighted by Gasteiger charge is 2.23. The minimum absolute atomic E-state index is 0.223. The number of aliphatic imine (C=N–C) groups is 1. The molecule has 0 radical (unpaired) electrons. The Morgan fingerprint density at radius 1 is 1.12 bits per heavy atom. The number of nitrogens with zero attached hydrogens (tertiary/aromatic N) is 3. The Bertz CT molecular complexity index is 975. The highest BCUT2D eigenvalue weighted by atomic mass is 19.2. The maximum Gasteiger partial charge on any atom is 0.184 e. The molecule has 1 N–H and O–H groups in total. The number of H-pyrrole nitrogens is 1. The van der Waals surface area contributed by atoms with Crippen molar-refractivity contribution < 1.29 is 13.2 Å². The smallest absolute Gasteiger partial charge is 0.184 e. The fraction of sp³-hybridized carbons (Fsp3) is 0.263. The van der Waals surface area contributed by atoms with E-state index in [0.29, 0.717) is 17.7 Å². The summed E-state index contributed by atoms with van der Waals surface area (Å²) in [5, 5.41) is 0. The zero-order valence-electron chi connectivity index (χ0n) is 14.9. The number of hydrogen-bond donors (Lipinski definition) is 1. The number of fused-ring (bicyclic) bond motifs is 1. The maximum atomic E-state index is 13.9. The molecule has 3 aromatic rings. The highest BCUT2D eigenvalue weighted by molar-refractivity contribution is 5.90. The minimum atomic E-state index is -1.25. The van der Waals surface area contributed by atoms with E-state index in [1.165, 1.54) is 0 Å². The van der Waals surface area contributed by atoms with E-state index < -0.39 is 17.5 Å². The number of amidine groups is 1. The zero-order chi connectivity index (χ0) is 19.0. The summed E-state index contributed by atoms with van der Waals surface area (Å²) in [7, 11) is 3.65. The van der Waals surface area contributed by atoms with Crippen molar-refractivity contribution in [3.05, 3.63) is 59.2 Å². The van der Waals surface area contributed by atoms with Crippen LogP contribution < -0.4 is 0 Å². The van der Waals surface area contributed by atoms with Crippen molar-refractivity contribution in [2.75, 3.05) is 14.1 Å². The molecule has 0 bridgehead atoms. The largest absolute Gasteiger partial charge is 0.366 e. The lowest BCUT2D eigenvalue weighted by molar-refractivity contribution is 0.504. The second-order valence-corrected chi connectivity index (χ2v) is 6.42. The molecule has 0 amide bonds. The molecule has 0 saturated heterocycles. The van der Waals surface area contributed by atoms with E-state index in [4.69, 9.17) is 0 Å². The minimum Gasteiger partial charge on any atom is -0.366 e. The molecule has 1 heterocycles. The van der Waals surface area contributed by atoms with Gasteiger partial charge < -0.3 is 9.88 Å². The molecule has 0 fully saturated rings. The summed E-state index contributed by atoms with van der Waals surface area (Å²) in [5.41, 5.74) is 1.37. The van der Waals surface area contributed by atoms with E-state index in [-0.39, 0.29) is 17.0 Å². The van der Waals surface area contributed by atoms with Crippen molar-refractivity contribution in [1.82, 2.24) is 14.9 Å². The molecule has 1 unspecified atom stereocenters. The van der Waals surface area contributed by atoms with Gasteiger partial charge in [0.15, 0.2) is 17.5 Å². The lowest BCUT2D eigenvalue weighted by Crippen LogP contribution is -2.27. The number of hydrogen-bond acceptors (Lipinski definition) is 2. The van der Waals surface area contributed by atoms with Gasteiger partial charge in [0.1, 0.15) is 22.7 Å². The van der Waals surface area contributed by atoms with Gasteiger partial charge in [-0.3, -0.25) is 0 Å². The number of rotatable bonds is 3. The van der Waals surface area contributed by atoms with E-state index in [1.807, 2.05) is 57.1 Å². The average molecular weight is 360 g/mol. The van der Waals surface area contributed by atoms with Gasteiger partial charge >= 0.3 is 0 Å². The van der Waals surface area contributed by atoms with Gasteiger partial charge in [-0.25, -0.2) is 23.1 Å². The van der Waals surface area contributed by atoms with Gasteiger partial charge in [0.05, 0.1) is 11.6 Å². The molecule has 1 atom stereocenters. The van der Waals surface area contributed by atoms with Crippen molar-refractivity contribution in [1.29, 1.82) is 0 Å². The third-order valence-corrected chi connectivity index (χ3v) is 4.16. The Kier molecular flexibility index (Phi) is 4.71. The Labute approximate surface area is 149 Å². The van der Waals surface area contributed by atoms with Gasteiger partial charge in [0.25, 0.3) is 0 Å². The molecule has 0 spiro atoms. The summed E-state index contributed by atoms with van der Waals surface area (Å²) in [6.07, 6.45) is 0. The standard InChI is InChI=1S/C19H19F3N4/c1-10-5-7-12(8-6-10)23-19(26(3)4)11(2)18-24-16-14(21)9-13(20)15(22)17(16)25-18/h5-9,11H,1-4H3,(H,24,25). The number of aryl methyl sites for hydroxylation is 1. The van der Waals surface area contributed by atoms with E-state index >= 15 is 0 Å². The van der Waals surface area contributed by atoms with Crippen LogP contribution in [0, 0.1) is 24.4 Å². The Morgan fingerprint density at radius 3 is 2.38 bits per heavy atom. The molecule has 0 aliphatic rings. The molecule has 7 heteroatoms. The number of likely N-dealkylation sites (N-methyl/N-ethyl adjacent to an activating group) is 1. The van der Waals surface area contributed by atoms with Gasteiger partial charge in [-0.1, -0.05) is 17.7 Å². The molecule has 136 valence electrons. The third-order valence-electron chi connectivity index (χ3n) is 4.16. The van der Waals surface area contributed by atoms with Crippen molar-refractivity contribution in [3.63, 3.8) is 0 Å². The van der Waals surface area contributed by atoms with Crippen LogP contribution >= 0.6 is 0 Å². The predicted octanol–water partition coefficient (Wildman–Crippen LogP) is 4.68. The summed E-state index contributed by atoms with van der Waals surface area (Å²) >= 11 is 0. The van der Waals surface area contributed by atoms with Gasteiger partial charge in [-0.15, -0.1) is 0 Å². The topological polar surface area (TPSA) is 44.3 Å². The molecular weight excluding hydrogens is 341 g/mol. The second-order valence-electron chi connectivity index (χ2n) is 6.42. The maximum absolute atomic E-state index is 13.9. The first-order valence-electron chi connectivity index (χ1n) is 8.13. The zero-order valence-corrected chi connectivity index (χ0v) is 14.9. The molecule has 0 aliphatic carbocycles. The SMILES string of the molecule is Cc1ccc(N=C(C(C)c2nc3c(F)cc(F)c(F)c3[nH]2)N(C)C)cc1. The molecular formula is C19H19F3N4. The van der Waals surface area contributed by atoms with Crippen LogP contribution in [0.25, 0.3) is 11.0 Å². The summed E-state index contributed by atoms with van der Waals surface area (Å²) in [6, 6.07) is 8.18. The van der Waals surface area contributed by atoms with Crippen LogP contribution in [-0.4, -0.2) is 34.8 Å². The Morgan fingerprint density at radius 2 is 1.77 bits per heavy atom. The molecule has 26 heavy (non-hydrogen) atoms. The predicted molar refractivity (Wildman–Crippen MR) is 96.3 cm³/mol. The number of nitrogens with one attached hydrogen (secondary N) is 1. The van der Waals surface area contributed by atoms with E-state index in [1.54, 1.807) is 0 Å².